The summed E-state index contributed by atoms with van der Waals surface area (Å²) in [6.45, 7) is 0.885. The first-order chi connectivity index (χ1) is 17.2. The standard InChI is InChI=1S/C25H28F3N5O3/c1-29-23(16-3-2-4-17(9-16)25(26,27)28)24(35)32-8-7-22(34)33-14-19(10-18(33)13-32)36-21-12-30-20(11-31-21)15-5-6-15/h2-4,9,11-12,15,18-19,23,29H,5-8,10,13-14H2,1H3/t18-,19-,23?/m0/s1. The van der Waals surface area contributed by atoms with E-state index in [1.165, 1.54) is 19.2 Å². The van der Waals surface area contributed by atoms with Crippen molar-refractivity contribution in [3.05, 3.63) is 53.5 Å². The van der Waals surface area contributed by atoms with Crippen molar-refractivity contribution in [1.82, 2.24) is 25.1 Å². The molecule has 5 rings (SSSR count). The van der Waals surface area contributed by atoms with E-state index in [9.17, 15) is 22.8 Å². The quantitative estimate of drug-likeness (QED) is 0.653. The summed E-state index contributed by atoms with van der Waals surface area (Å²) in [6.07, 6.45) is 1.49. The number of hydrogen-bond acceptors (Lipinski definition) is 6. The number of aromatic nitrogens is 2. The predicted molar refractivity (Wildman–Crippen MR) is 123 cm³/mol. The summed E-state index contributed by atoms with van der Waals surface area (Å²) in [5.74, 6) is 0.463. The molecular weight excluding hydrogens is 475 g/mol. The van der Waals surface area contributed by atoms with Gasteiger partial charge in [0.05, 0.1) is 36.2 Å². The minimum absolute atomic E-state index is 0.0726. The summed E-state index contributed by atoms with van der Waals surface area (Å²) in [4.78, 5) is 38.3. The predicted octanol–water partition coefficient (Wildman–Crippen LogP) is 2.91. The number of ether oxygens (including phenoxy) is 1. The van der Waals surface area contributed by atoms with Crippen LogP contribution >= 0.6 is 0 Å². The fourth-order valence-electron chi connectivity index (χ4n) is 5.02. The van der Waals surface area contributed by atoms with E-state index in [1.807, 2.05) is 0 Å². The van der Waals surface area contributed by atoms with Crippen LogP contribution in [0, 0.1) is 0 Å². The first-order valence-corrected chi connectivity index (χ1v) is 12.1. The molecule has 8 nitrogen and oxygen atoms in total. The van der Waals surface area contributed by atoms with Crippen molar-refractivity contribution in [3.63, 3.8) is 0 Å². The molecule has 11 heteroatoms. The molecule has 3 atom stereocenters. The van der Waals surface area contributed by atoms with Gasteiger partial charge in [-0.15, -0.1) is 0 Å². The second-order valence-corrected chi connectivity index (χ2v) is 9.61. The SMILES string of the molecule is CNC(C(=O)N1CCC(=O)N2C[C@@H](Oc3cnc(C4CC4)cn3)C[C@H]2C1)c1cccc(C(F)(F)F)c1. The van der Waals surface area contributed by atoms with E-state index in [4.69, 9.17) is 4.74 Å². The van der Waals surface area contributed by atoms with Gasteiger partial charge in [-0.25, -0.2) is 4.98 Å². The lowest BCUT2D eigenvalue weighted by Gasteiger charge is -2.29. The Balaban J connectivity index is 1.27. The Morgan fingerprint density at radius 2 is 2.00 bits per heavy atom. The van der Waals surface area contributed by atoms with Crippen molar-refractivity contribution < 1.29 is 27.5 Å². The molecule has 3 heterocycles. The lowest BCUT2D eigenvalue weighted by molar-refractivity contribution is -0.138. The lowest BCUT2D eigenvalue weighted by atomic mass is 10.0. The van der Waals surface area contributed by atoms with Crippen LogP contribution < -0.4 is 10.1 Å². The number of nitrogens with zero attached hydrogens (tertiary/aromatic N) is 4. The maximum absolute atomic E-state index is 13.4. The van der Waals surface area contributed by atoms with E-state index >= 15 is 0 Å². The summed E-state index contributed by atoms with van der Waals surface area (Å²) in [6, 6.07) is 3.56. The second kappa shape index (κ2) is 9.68. The van der Waals surface area contributed by atoms with Crippen LogP contribution in [0.4, 0.5) is 13.2 Å². The first kappa shape index (κ1) is 24.5. The molecule has 1 saturated carbocycles. The summed E-state index contributed by atoms with van der Waals surface area (Å²) < 4.78 is 45.6. The third-order valence-corrected chi connectivity index (χ3v) is 7.05. The molecule has 2 aliphatic heterocycles. The zero-order valence-corrected chi connectivity index (χ0v) is 19.9. The number of carbonyl (C=O) groups excluding carboxylic acids is 2. The van der Waals surface area contributed by atoms with Crippen LogP contribution in [0.2, 0.25) is 0 Å². The molecule has 3 aliphatic rings. The van der Waals surface area contributed by atoms with Crippen molar-refractivity contribution in [2.75, 3.05) is 26.7 Å². The molecule has 36 heavy (non-hydrogen) atoms. The Hall–Kier alpha value is -3.21. The Kier molecular flexibility index (Phi) is 6.59. The maximum Gasteiger partial charge on any atom is 0.416 e. The molecule has 1 aromatic heterocycles. The van der Waals surface area contributed by atoms with E-state index in [0.717, 1.165) is 30.7 Å². The molecule has 0 spiro atoms. The number of halogens is 3. The highest BCUT2D eigenvalue weighted by molar-refractivity contribution is 5.85. The van der Waals surface area contributed by atoms with E-state index < -0.39 is 17.8 Å². The number of likely N-dealkylation sites (N-methyl/N-ethyl adjacent to an activating group) is 1. The van der Waals surface area contributed by atoms with Crippen molar-refractivity contribution in [1.29, 1.82) is 0 Å². The zero-order valence-electron chi connectivity index (χ0n) is 19.9. The van der Waals surface area contributed by atoms with Gasteiger partial charge in [0.25, 0.3) is 0 Å². The molecule has 1 aromatic carbocycles. The summed E-state index contributed by atoms with van der Waals surface area (Å²) in [5, 5.41) is 2.85. The minimum Gasteiger partial charge on any atom is -0.471 e. The highest BCUT2D eigenvalue weighted by atomic mass is 19.4. The van der Waals surface area contributed by atoms with Gasteiger partial charge in [-0.1, -0.05) is 12.1 Å². The highest BCUT2D eigenvalue weighted by Crippen LogP contribution is 2.38. The van der Waals surface area contributed by atoms with Crippen molar-refractivity contribution in [2.45, 2.75) is 56.0 Å². The molecule has 2 saturated heterocycles. The Labute approximate surface area is 206 Å². The van der Waals surface area contributed by atoms with Crippen LogP contribution in [-0.4, -0.2) is 70.4 Å². The largest absolute Gasteiger partial charge is 0.471 e. The summed E-state index contributed by atoms with van der Waals surface area (Å²) >= 11 is 0. The van der Waals surface area contributed by atoms with Crippen molar-refractivity contribution >= 4 is 11.8 Å². The van der Waals surface area contributed by atoms with Gasteiger partial charge in [-0.05, 0) is 37.6 Å². The van der Waals surface area contributed by atoms with Crippen LogP contribution in [0.15, 0.2) is 36.7 Å². The normalized spacial score (nSPS) is 23.3. The number of fused-ring (bicyclic) bond motifs is 1. The second-order valence-electron chi connectivity index (χ2n) is 9.61. The van der Waals surface area contributed by atoms with E-state index in [2.05, 4.69) is 15.3 Å². The molecule has 2 amide bonds. The lowest BCUT2D eigenvalue weighted by Crippen LogP contribution is -2.44. The van der Waals surface area contributed by atoms with E-state index in [1.54, 1.807) is 22.2 Å². The van der Waals surface area contributed by atoms with Crippen molar-refractivity contribution in [3.8, 4) is 5.88 Å². The van der Waals surface area contributed by atoms with Gasteiger partial charge in [0, 0.05) is 31.8 Å². The minimum atomic E-state index is -4.51. The topological polar surface area (TPSA) is 87.7 Å². The number of carbonyl (C=O) groups is 2. The van der Waals surface area contributed by atoms with Gasteiger partial charge in [0.2, 0.25) is 17.7 Å². The number of hydrogen-bond donors (Lipinski definition) is 1. The monoisotopic (exact) mass is 503 g/mol. The van der Waals surface area contributed by atoms with E-state index in [-0.39, 0.29) is 49.0 Å². The third kappa shape index (κ3) is 5.16. The number of alkyl halides is 3. The molecular formula is C25H28F3N5O3. The van der Waals surface area contributed by atoms with Crippen LogP contribution in [0.25, 0.3) is 0 Å². The summed E-state index contributed by atoms with van der Waals surface area (Å²) in [5.41, 5.74) is 0.381. The van der Waals surface area contributed by atoms with Gasteiger partial charge in [-0.3, -0.25) is 14.6 Å². The fourth-order valence-corrected chi connectivity index (χ4v) is 5.02. The van der Waals surface area contributed by atoms with Gasteiger partial charge in [0.1, 0.15) is 12.1 Å². The smallest absolute Gasteiger partial charge is 0.416 e. The fraction of sp³-hybridized carbons (Fsp3) is 0.520. The number of amides is 2. The molecule has 1 aliphatic carbocycles. The molecule has 2 aromatic rings. The molecule has 1 N–H and O–H groups in total. The number of rotatable bonds is 6. The maximum atomic E-state index is 13.4. The number of benzene rings is 1. The third-order valence-electron chi connectivity index (χ3n) is 7.05. The Bertz CT molecular complexity index is 1120. The van der Waals surface area contributed by atoms with Gasteiger partial charge >= 0.3 is 6.18 Å². The first-order valence-electron chi connectivity index (χ1n) is 12.1. The van der Waals surface area contributed by atoms with Gasteiger partial charge in [-0.2, -0.15) is 13.2 Å². The summed E-state index contributed by atoms with van der Waals surface area (Å²) in [7, 11) is 1.53. The highest BCUT2D eigenvalue weighted by Gasteiger charge is 2.41. The Morgan fingerprint density at radius 1 is 1.19 bits per heavy atom. The Morgan fingerprint density at radius 3 is 2.67 bits per heavy atom. The average Bonchev–Trinajstić information content (AvgIpc) is 3.65. The van der Waals surface area contributed by atoms with Crippen LogP contribution in [0.3, 0.4) is 0 Å². The van der Waals surface area contributed by atoms with Gasteiger partial charge in [0.15, 0.2) is 0 Å². The molecule has 3 fully saturated rings. The zero-order chi connectivity index (χ0) is 25.4. The molecule has 0 radical (unpaired) electrons. The van der Waals surface area contributed by atoms with Crippen LogP contribution in [-0.2, 0) is 15.8 Å². The molecule has 0 bridgehead atoms. The van der Waals surface area contributed by atoms with Crippen molar-refractivity contribution in [2.24, 2.45) is 0 Å². The van der Waals surface area contributed by atoms with Gasteiger partial charge < -0.3 is 19.9 Å². The average molecular weight is 504 g/mol. The van der Waals surface area contributed by atoms with E-state index in [0.29, 0.717) is 24.8 Å². The van der Waals surface area contributed by atoms with Crippen LogP contribution in [0.5, 0.6) is 5.88 Å². The molecule has 1 unspecified atom stereocenters. The molecule has 192 valence electrons. The number of nitrogens with one attached hydrogen (secondary N) is 1. The van der Waals surface area contributed by atoms with Crippen LogP contribution in [0.1, 0.15) is 54.5 Å².